The van der Waals surface area contributed by atoms with Crippen LogP contribution in [-0.2, 0) is 5.41 Å². The zero-order valence-electron chi connectivity index (χ0n) is 25.0. The van der Waals surface area contributed by atoms with E-state index in [0.717, 1.165) is 6.42 Å². The minimum absolute atomic E-state index is 0.000112. The number of anilines is 2. The van der Waals surface area contributed by atoms with E-state index in [0.29, 0.717) is 0 Å². The van der Waals surface area contributed by atoms with E-state index >= 15 is 0 Å². The Morgan fingerprint density at radius 1 is 0.500 bits per heavy atom. The van der Waals surface area contributed by atoms with Gasteiger partial charge >= 0.3 is 0 Å². The monoisotopic (exact) mass is 543 g/mol. The molecule has 6 aromatic rings. The van der Waals surface area contributed by atoms with Crippen molar-refractivity contribution in [1.29, 1.82) is 0 Å². The summed E-state index contributed by atoms with van der Waals surface area (Å²) in [7, 11) is 0. The van der Waals surface area contributed by atoms with Gasteiger partial charge in [0.05, 0.1) is 5.54 Å². The number of benzene rings is 6. The first kappa shape index (κ1) is 25.4. The van der Waals surface area contributed by atoms with Gasteiger partial charge in [-0.05, 0) is 98.8 Å². The van der Waals surface area contributed by atoms with Crippen LogP contribution in [0.1, 0.15) is 46.1 Å². The van der Waals surface area contributed by atoms with Crippen LogP contribution in [0, 0.1) is 5.41 Å². The van der Waals surface area contributed by atoms with Crippen molar-refractivity contribution in [3.63, 3.8) is 0 Å². The van der Waals surface area contributed by atoms with Gasteiger partial charge in [-0.3, -0.25) is 0 Å². The zero-order valence-corrected chi connectivity index (χ0v) is 25.0. The number of nitrogens with zero attached hydrogens (tertiary/aromatic N) is 1. The van der Waals surface area contributed by atoms with Gasteiger partial charge in [0.15, 0.2) is 0 Å². The molecule has 0 radical (unpaired) electrons. The van der Waals surface area contributed by atoms with Crippen LogP contribution in [-0.4, -0.2) is 5.54 Å². The van der Waals surface area contributed by atoms with Gasteiger partial charge in [0.2, 0.25) is 0 Å². The fourth-order valence-electron chi connectivity index (χ4n) is 9.00. The second-order valence-electron chi connectivity index (χ2n) is 13.7. The highest BCUT2D eigenvalue weighted by Gasteiger charge is 2.64. The van der Waals surface area contributed by atoms with Gasteiger partial charge in [0.1, 0.15) is 0 Å². The molecule has 0 aromatic heterocycles. The van der Waals surface area contributed by atoms with E-state index < -0.39 is 0 Å². The van der Waals surface area contributed by atoms with Gasteiger partial charge in [0, 0.05) is 16.8 Å². The average molecular weight is 544 g/mol. The van der Waals surface area contributed by atoms with Crippen molar-refractivity contribution in [1.82, 2.24) is 0 Å². The minimum atomic E-state index is 0.000112. The van der Waals surface area contributed by atoms with E-state index in [1.807, 2.05) is 0 Å². The van der Waals surface area contributed by atoms with Crippen LogP contribution in [0.5, 0.6) is 0 Å². The molecule has 8 rings (SSSR count). The first-order valence-electron chi connectivity index (χ1n) is 15.3. The Bertz CT molecular complexity index is 1930. The Morgan fingerprint density at radius 2 is 1.00 bits per heavy atom. The molecule has 1 aliphatic heterocycles. The Balaban J connectivity index is 1.43. The molecule has 206 valence electrons. The summed E-state index contributed by atoms with van der Waals surface area (Å²) in [5.41, 5.74) is 9.66. The van der Waals surface area contributed by atoms with Gasteiger partial charge in [-0.15, -0.1) is 0 Å². The zero-order chi connectivity index (χ0) is 28.7. The van der Waals surface area contributed by atoms with Crippen molar-refractivity contribution >= 4 is 32.9 Å². The summed E-state index contributed by atoms with van der Waals surface area (Å²) in [6, 6.07) is 47.2. The first-order chi connectivity index (χ1) is 20.3. The maximum atomic E-state index is 2.66. The molecular weight excluding hydrogens is 506 g/mol. The highest BCUT2D eigenvalue weighted by molar-refractivity contribution is 6.21. The highest BCUT2D eigenvalue weighted by atomic mass is 15.3. The normalized spacial score (nSPS) is 22.4. The lowest BCUT2D eigenvalue weighted by atomic mass is 9.71. The average Bonchev–Trinajstić information content (AvgIpc) is 3.31. The molecule has 0 saturated heterocycles. The minimum Gasteiger partial charge on any atom is -0.334 e. The molecule has 2 aliphatic rings. The van der Waals surface area contributed by atoms with Crippen LogP contribution in [0.2, 0.25) is 0 Å². The summed E-state index contributed by atoms with van der Waals surface area (Å²) in [5.74, 6) is 0. The summed E-state index contributed by atoms with van der Waals surface area (Å²) < 4.78 is 0. The molecule has 1 fully saturated rings. The van der Waals surface area contributed by atoms with E-state index in [1.165, 1.54) is 67.2 Å². The molecular formula is C41H37N. The first-order valence-corrected chi connectivity index (χ1v) is 15.3. The Kier molecular flexibility index (Phi) is 5.33. The largest absolute Gasteiger partial charge is 0.334 e. The van der Waals surface area contributed by atoms with Gasteiger partial charge in [-0.25, -0.2) is 0 Å². The van der Waals surface area contributed by atoms with E-state index in [-0.39, 0.29) is 16.4 Å². The lowest BCUT2D eigenvalue weighted by Gasteiger charge is -2.42. The van der Waals surface area contributed by atoms with Crippen molar-refractivity contribution in [3.05, 3.63) is 133 Å². The van der Waals surface area contributed by atoms with Crippen LogP contribution in [0.15, 0.2) is 127 Å². The number of para-hydroxylation sites is 1. The predicted octanol–water partition coefficient (Wildman–Crippen LogP) is 11.3. The highest BCUT2D eigenvalue weighted by Crippen LogP contribution is 2.67. The van der Waals surface area contributed by atoms with Crippen molar-refractivity contribution in [2.75, 3.05) is 4.90 Å². The van der Waals surface area contributed by atoms with E-state index in [1.54, 1.807) is 0 Å². The molecule has 1 saturated carbocycles. The van der Waals surface area contributed by atoms with Crippen LogP contribution < -0.4 is 4.90 Å². The van der Waals surface area contributed by atoms with Gasteiger partial charge < -0.3 is 4.90 Å². The molecule has 6 aromatic carbocycles. The van der Waals surface area contributed by atoms with E-state index in [4.69, 9.17) is 0 Å². The van der Waals surface area contributed by atoms with Gasteiger partial charge in [-0.2, -0.15) is 0 Å². The summed E-state index contributed by atoms with van der Waals surface area (Å²) >= 11 is 0. The fraction of sp³-hybridized carbons (Fsp3) is 0.220. The third kappa shape index (κ3) is 3.43. The molecule has 0 spiro atoms. The summed E-state index contributed by atoms with van der Waals surface area (Å²) in [5, 5.41) is 5.24. The summed E-state index contributed by atoms with van der Waals surface area (Å²) in [6.45, 7) is 9.95. The Morgan fingerprint density at radius 3 is 1.57 bits per heavy atom. The molecule has 0 amide bonds. The molecule has 1 heterocycles. The summed E-state index contributed by atoms with van der Waals surface area (Å²) in [6.07, 6.45) is 2.33. The van der Waals surface area contributed by atoms with Crippen LogP contribution in [0.3, 0.4) is 0 Å². The van der Waals surface area contributed by atoms with Crippen molar-refractivity contribution < 1.29 is 0 Å². The molecule has 0 N–H and O–H groups in total. The SMILES string of the molecule is CC1(C)CC2(C)c3cc(-c4c5ccccc5c(-c5ccccc5)c5ccccc45)ccc3N(c3ccccc3)C2(C)C1. The molecule has 1 heteroatoms. The molecule has 1 nitrogen and oxygen atoms in total. The fourth-order valence-corrected chi connectivity index (χ4v) is 9.00. The molecule has 1 aliphatic carbocycles. The van der Waals surface area contributed by atoms with Gasteiger partial charge in [-0.1, -0.05) is 124 Å². The Labute approximate surface area is 249 Å². The number of hydrogen-bond acceptors (Lipinski definition) is 1. The van der Waals surface area contributed by atoms with Crippen LogP contribution in [0.25, 0.3) is 43.8 Å². The molecule has 42 heavy (non-hydrogen) atoms. The van der Waals surface area contributed by atoms with Crippen LogP contribution in [0.4, 0.5) is 11.4 Å². The van der Waals surface area contributed by atoms with Crippen molar-refractivity contribution in [2.45, 2.75) is 51.5 Å². The lowest BCUT2D eigenvalue weighted by molar-refractivity contribution is 0.330. The maximum absolute atomic E-state index is 2.66. The number of fused-ring (bicyclic) bond motifs is 5. The molecule has 2 unspecified atom stereocenters. The molecule has 2 atom stereocenters. The maximum Gasteiger partial charge on any atom is 0.0523 e. The molecule has 0 bridgehead atoms. The third-order valence-electron chi connectivity index (χ3n) is 10.5. The smallest absolute Gasteiger partial charge is 0.0523 e. The van der Waals surface area contributed by atoms with E-state index in [2.05, 4.69) is 160 Å². The second kappa shape index (κ2) is 8.82. The second-order valence-corrected chi connectivity index (χ2v) is 13.7. The summed E-state index contributed by atoms with van der Waals surface area (Å²) in [4.78, 5) is 2.66. The van der Waals surface area contributed by atoms with Crippen molar-refractivity contribution in [2.24, 2.45) is 5.41 Å². The third-order valence-corrected chi connectivity index (χ3v) is 10.5. The Hall–Kier alpha value is -4.36. The van der Waals surface area contributed by atoms with Gasteiger partial charge in [0.25, 0.3) is 0 Å². The number of rotatable bonds is 3. The standard InChI is InChI=1S/C41H37N/c1-39(2)26-40(3)35-25-29(23-24-36(35)42(41(40,4)27-39)30-17-9-6-10-18-30)38-33-21-13-11-19-31(33)37(28-15-7-5-8-16-28)32-20-12-14-22-34(32)38/h5-25H,26-27H2,1-4H3. The van der Waals surface area contributed by atoms with Crippen LogP contribution >= 0.6 is 0 Å². The number of hydrogen-bond donors (Lipinski definition) is 0. The lowest BCUT2D eigenvalue weighted by Crippen LogP contribution is -2.49. The predicted molar refractivity (Wildman–Crippen MR) is 180 cm³/mol. The van der Waals surface area contributed by atoms with Crippen molar-refractivity contribution in [3.8, 4) is 22.3 Å². The van der Waals surface area contributed by atoms with E-state index in [9.17, 15) is 0 Å². The quantitative estimate of drug-likeness (QED) is 0.201. The topological polar surface area (TPSA) is 3.24 Å².